The van der Waals surface area contributed by atoms with E-state index in [0.29, 0.717) is 40.4 Å². The maximum Gasteiger partial charge on any atom is 0.319 e. The summed E-state index contributed by atoms with van der Waals surface area (Å²) in [4.78, 5) is 39.4. The number of urea groups is 1. The zero-order valence-corrected chi connectivity index (χ0v) is 18.3. The molecule has 0 bridgehead atoms. The molecule has 0 saturated heterocycles. The molecule has 1 aliphatic rings. The molecule has 1 heterocycles. The van der Waals surface area contributed by atoms with E-state index >= 15 is 0 Å². The van der Waals surface area contributed by atoms with E-state index < -0.39 is 11.6 Å². The van der Waals surface area contributed by atoms with Gasteiger partial charge < -0.3 is 26.0 Å². The molecule has 1 saturated carbocycles. The first-order valence-corrected chi connectivity index (χ1v) is 10.9. The number of pyridine rings is 1. The zero-order chi connectivity index (χ0) is 23.4. The van der Waals surface area contributed by atoms with Gasteiger partial charge in [-0.15, -0.1) is 0 Å². The maximum absolute atomic E-state index is 12.8. The highest BCUT2D eigenvalue weighted by atomic mass is 16.3. The van der Waals surface area contributed by atoms with Crippen molar-refractivity contribution in [3.05, 3.63) is 81.8 Å². The molecule has 8 heteroatoms. The minimum absolute atomic E-state index is 0.0764. The van der Waals surface area contributed by atoms with Crippen LogP contribution in [-0.2, 0) is 6.61 Å². The molecule has 33 heavy (non-hydrogen) atoms. The van der Waals surface area contributed by atoms with Crippen molar-refractivity contribution in [2.24, 2.45) is 0 Å². The number of benzene rings is 2. The summed E-state index contributed by atoms with van der Waals surface area (Å²) < 4.78 is 0. The summed E-state index contributed by atoms with van der Waals surface area (Å²) in [6, 6.07) is 13.9. The van der Waals surface area contributed by atoms with Crippen molar-refractivity contribution in [1.82, 2.24) is 10.3 Å². The van der Waals surface area contributed by atoms with Crippen LogP contribution in [0.1, 0.15) is 47.2 Å². The van der Waals surface area contributed by atoms with Gasteiger partial charge in [0.25, 0.3) is 11.5 Å². The zero-order valence-electron chi connectivity index (χ0n) is 18.3. The maximum atomic E-state index is 12.8. The highest BCUT2D eigenvalue weighted by molar-refractivity contribution is 6.05. The van der Waals surface area contributed by atoms with Gasteiger partial charge in [0.15, 0.2) is 0 Å². The Labute approximate surface area is 191 Å². The standard InChI is InChI=1S/C25H26N4O4/c1-2-26-25(33)29-22-12-18(13-27-24(22)32)19-4-3-5-21(20(19)14-30)28-23(31)17-10-8-16(9-11-17)15-6-7-15/h3-5,8-13,15,30H,2,6-7,14H2,1H3,(H,27,32)(H,28,31)(H2,26,29,33). The van der Waals surface area contributed by atoms with Gasteiger partial charge in [0.1, 0.15) is 5.69 Å². The van der Waals surface area contributed by atoms with Crippen LogP contribution in [0.2, 0.25) is 0 Å². The van der Waals surface area contributed by atoms with Crippen molar-refractivity contribution < 1.29 is 14.7 Å². The molecule has 170 valence electrons. The van der Waals surface area contributed by atoms with Gasteiger partial charge >= 0.3 is 6.03 Å². The lowest BCUT2D eigenvalue weighted by Crippen LogP contribution is -2.30. The fraction of sp³-hybridized carbons (Fsp3) is 0.240. The van der Waals surface area contributed by atoms with Crippen LogP contribution in [0.3, 0.4) is 0 Å². The van der Waals surface area contributed by atoms with Crippen molar-refractivity contribution in [3.8, 4) is 11.1 Å². The summed E-state index contributed by atoms with van der Waals surface area (Å²) in [5.74, 6) is 0.341. The van der Waals surface area contributed by atoms with E-state index in [1.165, 1.54) is 30.7 Å². The van der Waals surface area contributed by atoms with Crippen molar-refractivity contribution in [2.75, 3.05) is 17.2 Å². The van der Waals surface area contributed by atoms with E-state index in [2.05, 4.69) is 20.9 Å². The Morgan fingerprint density at radius 2 is 1.82 bits per heavy atom. The Balaban J connectivity index is 1.60. The fourth-order valence-electron chi connectivity index (χ4n) is 3.72. The number of aromatic amines is 1. The van der Waals surface area contributed by atoms with E-state index in [1.807, 2.05) is 24.3 Å². The van der Waals surface area contributed by atoms with E-state index in [1.54, 1.807) is 25.1 Å². The second-order valence-corrected chi connectivity index (χ2v) is 7.96. The molecule has 8 nitrogen and oxygen atoms in total. The molecule has 1 aliphatic carbocycles. The van der Waals surface area contributed by atoms with Crippen LogP contribution in [0.5, 0.6) is 0 Å². The number of carbonyl (C=O) groups excluding carboxylic acids is 2. The van der Waals surface area contributed by atoms with Gasteiger partial charge in [-0.3, -0.25) is 9.59 Å². The molecular weight excluding hydrogens is 420 g/mol. The smallest absolute Gasteiger partial charge is 0.319 e. The monoisotopic (exact) mass is 446 g/mol. The van der Waals surface area contributed by atoms with Crippen LogP contribution >= 0.6 is 0 Å². The predicted molar refractivity (Wildman–Crippen MR) is 127 cm³/mol. The molecular formula is C25H26N4O4. The lowest BCUT2D eigenvalue weighted by atomic mass is 9.99. The van der Waals surface area contributed by atoms with Gasteiger partial charge in [0.05, 0.1) is 6.61 Å². The number of aliphatic hydroxyl groups excluding tert-OH is 1. The molecule has 0 unspecified atom stereocenters. The lowest BCUT2D eigenvalue weighted by Gasteiger charge is -2.15. The first-order chi connectivity index (χ1) is 16.0. The predicted octanol–water partition coefficient (Wildman–Crippen LogP) is 3.81. The molecule has 0 radical (unpaired) electrons. The summed E-state index contributed by atoms with van der Waals surface area (Å²) in [5, 5.41) is 18.1. The number of aliphatic hydroxyl groups is 1. The third-order valence-electron chi connectivity index (χ3n) is 5.60. The topological polar surface area (TPSA) is 123 Å². The highest BCUT2D eigenvalue weighted by Crippen LogP contribution is 2.40. The number of hydrogen-bond acceptors (Lipinski definition) is 4. The van der Waals surface area contributed by atoms with Crippen LogP contribution in [0, 0.1) is 0 Å². The van der Waals surface area contributed by atoms with Crippen LogP contribution in [0.4, 0.5) is 16.2 Å². The van der Waals surface area contributed by atoms with Crippen LogP contribution in [0.15, 0.2) is 59.5 Å². The van der Waals surface area contributed by atoms with E-state index in [4.69, 9.17) is 0 Å². The van der Waals surface area contributed by atoms with Crippen LogP contribution < -0.4 is 21.5 Å². The van der Waals surface area contributed by atoms with Gasteiger partial charge in [-0.1, -0.05) is 24.3 Å². The van der Waals surface area contributed by atoms with Gasteiger partial charge in [-0.05, 0) is 61.1 Å². The van der Waals surface area contributed by atoms with E-state index in [0.717, 1.165) is 0 Å². The third kappa shape index (κ3) is 5.12. The fourth-order valence-corrected chi connectivity index (χ4v) is 3.72. The number of H-pyrrole nitrogens is 1. The summed E-state index contributed by atoms with van der Waals surface area (Å²) >= 11 is 0. The Hall–Kier alpha value is -3.91. The number of rotatable bonds is 7. The Morgan fingerprint density at radius 3 is 2.48 bits per heavy atom. The number of hydrogen-bond donors (Lipinski definition) is 5. The highest BCUT2D eigenvalue weighted by Gasteiger charge is 2.23. The molecule has 0 atom stereocenters. The Bertz CT molecular complexity index is 1230. The van der Waals surface area contributed by atoms with Crippen molar-refractivity contribution >= 4 is 23.3 Å². The molecule has 0 aliphatic heterocycles. The first kappa shape index (κ1) is 22.3. The van der Waals surface area contributed by atoms with E-state index in [9.17, 15) is 19.5 Å². The van der Waals surface area contributed by atoms with Crippen molar-refractivity contribution in [2.45, 2.75) is 32.3 Å². The molecule has 4 rings (SSSR count). The van der Waals surface area contributed by atoms with Gasteiger partial charge in [-0.2, -0.15) is 0 Å². The lowest BCUT2D eigenvalue weighted by molar-refractivity contribution is 0.102. The number of anilines is 2. The Kier molecular flexibility index (Phi) is 6.55. The minimum atomic E-state index is -0.490. The van der Waals surface area contributed by atoms with Gasteiger partial charge in [-0.25, -0.2) is 4.79 Å². The first-order valence-electron chi connectivity index (χ1n) is 10.9. The molecule has 3 amide bonds. The average Bonchev–Trinajstić information content (AvgIpc) is 3.66. The normalized spacial score (nSPS) is 12.8. The Morgan fingerprint density at radius 1 is 1.06 bits per heavy atom. The summed E-state index contributed by atoms with van der Waals surface area (Å²) in [7, 11) is 0. The molecule has 2 aromatic carbocycles. The van der Waals surface area contributed by atoms with Crippen LogP contribution in [0.25, 0.3) is 11.1 Å². The molecule has 3 aromatic rings. The number of aromatic nitrogens is 1. The molecule has 1 aromatic heterocycles. The van der Waals surface area contributed by atoms with Gasteiger partial charge in [0, 0.05) is 35.1 Å². The average molecular weight is 447 g/mol. The minimum Gasteiger partial charge on any atom is -0.392 e. The quantitative estimate of drug-likeness (QED) is 0.379. The molecule has 1 fully saturated rings. The number of nitrogens with one attached hydrogen (secondary N) is 4. The van der Waals surface area contributed by atoms with Crippen molar-refractivity contribution in [3.63, 3.8) is 0 Å². The van der Waals surface area contributed by atoms with Crippen molar-refractivity contribution in [1.29, 1.82) is 0 Å². The second kappa shape index (κ2) is 9.70. The third-order valence-corrected chi connectivity index (χ3v) is 5.60. The summed E-state index contributed by atoms with van der Waals surface area (Å²) in [6.07, 6.45) is 3.90. The number of amides is 3. The van der Waals surface area contributed by atoms with Gasteiger partial charge in [0.2, 0.25) is 0 Å². The van der Waals surface area contributed by atoms with Crippen LogP contribution in [-0.4, -0.2) is 28.6 Å². The summed E-state index contributed by atoms with van der Waals surface area (Å²) in [6.45, 7) is 1.86. The number of carbonyl (C=O) groups is 2. The molecule has 5 N–H and O–H groups in total. The molecule has 0 spiro atoms. The second-order valence-electron chi connectivity index (χ2n) is 7.96. The SMILES string of the molecule is CCNC(=O)Nc1cc(-c2cccc(NC(=O)c3ccc(C4CC4)cc3)c2CO)c[nH]c1=O. The summed E-state index contributed by atoms with van der Waals surface area (Å²) in [5.41, 5.74) is 3.57. The largest absolute Gasteiger partial charge is 0.392 e. The van der Waals surface area contributed by atoms with E-state index in [-0.39, 0.29) is 18.2 Å².